The third-order valence-corrected chi connectivity index (χ3v) is 5.84. The van der Waals surface area contributed by atoms with Crippen LogP contribution in [0.2, 0.25) is 0 Å². The SMILES string of the molecule is CCCCCOc1ccc(NC2NC(c3ccc(CN(C)C)cc3)=CS2)cc1C(F)(F)F. The van der Waals surface area contributed by atoms with E-state index in [1.165, 1.54) is 23.4 Å². The van der Waals surface area contributed by atoms with Gasteiger partial charge in [-0.05, 0) is 55.3 Å². The molecule has 0 amide bonds. The Morgan fingerprint density at radius 3 is 2.50 bits per heavy atom. The first-order chi connectivity index (χ1) is 15.3. The Labute approximate surface area is 192 Å². The number of anilines is 1. The fourth-order valence-electron chi connectivity index (χ4n) is 3.37. The van der Waals surface area contributed by atoms with Crippen LogP contribution in [0, 0.1) is 0 Å². The largest absolute Gasteiger partial charge is 0.493 e. The van der Waals surface area contributed by atoms with Gasteiger partial charge in [-0.25, -0.2) is 0 Å². The number of halogens is 3. The summed E-state index contributed by atoms with van der Waals surface area (Å²) < 4.78 is 46.1. The second-order valence-electron chi connectivity index (χ2n) is 8.04. The van der Waals surface area contributed by atoms with Crippen LogP contribution in [0.5, 0.6) is 5.75 Å². The van der Waals surface area contributed by atoms with E-state index in [9.17, 15) is 13.2 Å². The summed E-state index contributed by atoms with van der Waals surface area (Å²) in [5.74, 6) is -0.122. The number of hydrogen-bond acceptors (Lipinski definition) is 5. The average molecular weight is 466 g/mol. The van der Waals surface area contributed by atoms with Crippen molar-refractivity contribution < 1.29 is 17.9 Å². The lowest BCUT2D eigenvalue weighted by Gasteiger charge is -2.19. The predicted octanol–water partition coefficient (Wildman–Crippen LogP) is 6.37. The Morgan fingerprint density at radius 1 is 1.09 bits per heavy atom. The third kappa shape index (κ3) is 6.84. The molecule has 0 saturated heterocycles. The minimum Gasteiger partial charge on any atom is -0.493 e. The van der Waals surface area contributed by atoms with Gasteiger partial charge in [0.1, 0.15) is 11.2 Å². The molecule has 0 aliphatic carbocycles. The lowest BCUT2D eigenvalue weighted by molar-refractivity contribution is -0.138. The molecule has 2 aromatic carbocycles. The van der Waals surface area contributed by atoms with Crippen LogP contribution in [0.3, 0.4) is 0 Å². The van der Waals surface area contributed by atoms with E-state index in [-0.39, 0.29) is 17.9 Å². The Morgan fingerprint density at radius 2 is 1.84 bits per heavy atom. The number of ether oxygens (including phenoxy) is 1. The van der Waals surface area contributed by atoms with Crippen LogP contribution in [0.4, 0.5) is 18.9 Å². The molecule has 8 heteroatoms. The maximum atomic E-state index is 13.6. The normalized spacial score (nSPS) is 16.1. The van der Waals surface area contributed by atoms with Gasteiger partial charge in [0.25, 0.3) is 0 Å². The van der Waals surface area contributed by atoms with Gasteiger partial charge in [-0.3, -0.25) is 0 Å². The van der Waals surface area contributed by atoms with E-state index in [4.69, 9.17) is 4.74 Å². The van der Waals surface area contributed by atoms with E-state index < -0.39 is 11.7 Å². The highest BCUT2D eigenvalue weighted by Crippen LogP contribution is 2.39. The van der Waals surface area contributed by atoms with Crippen molar-refractivity contribution in [2.45, 2.75) is 44.4 Å². The van der Waals surface area contributed by atoms with E-state index in [2.05, 4.69) is 27.7 Å². The van der Waals surface area contributed by atoms with E-state index >= 15 is 0 Å². The van der Waals surface area contributed by atoms with Gasteiger partial charge in [-0.15, -0.1) is 0 Å². The fraction of sp³-hybridized carbons (Fsp3) is 0.417. The van der Waals surface area contributed by atoms with E-state index in [1.54, 1.807) is 6.07 Å². The Kier molecular flexibility index (Phi) is 8.37. The van der Waals surface area contributed by atoms with Gasteiger partial charge < -0.3 is 20.3 Å². The molecule has 1 atom stereocenters. The molecule has 4 nitrogen and oxygen atoms in total. The van der Waals surface area contributed by atoms with Gasteiger partial charge in [-0.2, -0.15) is 13.2 Å². The van der Waals surface area contributed by atoms with Crippen LogP contribution in [-0.2, 0) is 12.7 Å². The molecule has 2 aromatic rings. The predicted molar refractivity (Wildman–Crippen MR) is 126 cm³/mol. The van der Waals surface area contributed by atoms with E-state index in [1.807, 2.05) is 38.6 Å². The summed E-state index contributed by atoms with van der Waals surface area (Å²) in [4.78, 5) is 2.11. The molecule has 1 aliphatic rings. The van der Waals surface area contributed by atoms with E-state index in [0.29, 0.717) is 5.69 Å². The number of nitrogens with one attached hydrogen (secondary N) is 2. The number of alkyl halides is 3. The third-order valence-electron chi connectivity index (χ3n) is 4.96. The maximum Gasteiger partial charge on any atom is 0.420 e. The summed E-state index contributed by atoms with van der Waals surface area (Å²) in [5, 5.41) is 8.44. The smallest absolute Gasteiger partial charge is 0.420 e. The van der Waals surface area contributed by atoms with Crippen molar-refractivity contribution in [1.29, 1.82) is 0 Å². The molecule has 174 valence electrons. The van der Waals surface area contributed by atoms with Crippen molar-refractivity contribution >= 4 is 23.1 Å². The molecular weight excluding hydrogens is 435 g/mol. The van der Waals surface area contributed by atoms with Crippen molar-refractivity contribution in [1.82, 2.24) is 10.2 Å². The second kappa shape index (κ2) is 11.0. The zero-order valence-corrected chi connectivity index (χ0v) is 19.4. The van der Waals surface area contributed by atoms with Crippen LogP contribution >= 0.6 is 11.8 Å². The summed E-state index contributed by atoms with van der Waals surface area (Å²) in [6, 6.07) is 12.4. The number of unbranched alkanes of at least 4 members (excludes halogenated alkanes) is 2. The summed E-state index contributed by atoms with van der Waals surface area (Å²) in [6.07, 6.45) is -1.83. The zero-order valence-electron chi connectivity index (χ0n) is 18.6. The van der Waals surface area contributed by atoms with Gasteiger partial charge in [0.15, 0.2) is 0 Å². The highest BCUT2D eigenvalue weighted by molar-refractivity contribution is 8.03. The molecule has 1 unspecified atom stereocenters. The number of benzene rings is 2. The quantitative estimate of drug-likeness (QED) is 0.399. The molecule has 0 aromatic heterocycles. The number of hydrogen-bond donors (Lipinski definition) is 2. The molecule has 32 heavy (non-hydrogen) atoms. The van der Waals surface area contributed by atoms with Crippen LogP contribution < -0.4 is 15.4 Å². The van der Waals surface area contributed by atoms with Crippen molar-refractivity contribution in [3.8, 4) is 5.75 Å². The highest BCUT2D eigenvalue weighted by atomic mass is 32.2. The molecule has 1 heterocycles. The molecular formula is C24H30F3N3OS. The Balaban J connectivity index is 1.62. The van der Waals surface area contributed by atoms with Crippen LogP contribution in [0.15, 0.2) is 47.9 Å². The Hall–Kier alpha value is -2.32. The van der Waals surface area contributed by atoms with Crippen LogP contribution in [0.1, 0.15) is 42.9 Å². The molecule has 2 N–H and O–H groups in total. The minimum absolute atomic E-state index is 0.122. The summed E-state index contributed by atoms with van der Waals surface area (Å²) >= 11 is 1.49. The molecule has 0 bridgehead atoms. The molecule has 0 radical (unpaired) electrons. The number of rotatable bonds is 10. The summed E-state index contributed by atoms with van der Waals surface area (Å²) in [6.45, 7) is 3.19. The van der Waals surface area contributed by atoms with Crippen molar-refractivity contribution in [3.05, 3.63) is 64.6 Å². The lowest BCUT2D eigenvalue weighted by atomic mass is 10.1. The fourth-order valence-corrected chi connectivity index (χ4v) is 4.25. The second-order valence-corrected chi connectivity index (χ2v) is 9.01. The molecule has 0 saturated carbocycles. The number of nitrogens with zero attached hydrogens (tertiary/aromatic N) is 1. The topological polar surface area (TPSA) is 36.5 Å². The van der Waals surface area contributed by atoms with Gasteiger partial charge >= 0.3 is 6.18 Å². The minimum atomic E-state index is -4.48. The van der Waals surface area contributed by atoms with Gasteiger partial charge in [0.2, 0.25) is 0 Å². The van der Waals surface area contributed by atoms with Crippen molar-refractivity contribution in [2.24, 2.45) is 0 Å². The highest BCUT2D eigenvalue weighted by Gasteiger charge is 2.35. The van der Waals surface area contributed by atoms with Crippen molar-refractivity contribution in [3.63, 3.8) is 0 Å². The van der Waals surface area contributed by atoms with Crippen LogP contribution in [-0.4, -0.2) is 31.1 Å². The van der Waals surface area contributed by atoms with E-state index in [0.717, 1.165) is 43.1 Å². The average Bonchev–Trinajstić information content (AvgIpc) is 3.20. The Bertz CT molecular complexity index is 914. The molecule has 0 spiro atoms. The monoisotopic (exact) mass is 465 g/mol. The molecule has 3 rings (SSSR count). The van der Waals surface area contributed by atoms with Crippen LogP contribution in [0.25, 0.3) is 5.70 Å². The lowest BCUT2D eigenvalue weighted by Crippen LogP contribution is -2.28. The zero-order chi connectivity index (χ0) is 23.1. The summed E-state index contributed by atoms with van der Waals surface area (Å²) in [5.41, 5.74) is 2.57. The molecule has 0 fully saturated rings. The first-order valence-electron chi connectivity index (χ1n) is 10.7. The summed E-state index contributed by atoms with van der Waals surface area (Å²) in [7, 11) is 4.05. The first kappa shape index (κ1) is 24.3. The first-order valence-corrected chi connectivity index (χ1v) is 11.7. The van der Waals surface area contributed by atoms with Crippen molar-refractivity contribution in [2.75, 3.05) is 26.0 Å². The maximum absolute atomic E-state index is 13.6. The molecule has 1 aliphatic heterocycles. The number of thioether (sulfide) groups is 1. The van der Waals surface area contributed by atoms with Gasteiger partial charge in [0.05, 0.1) is 17.9 Å². The standard InChI is InChI=1S/C24H30F3N3OS/c1-4-5-6-13-31-22-12-11-19(14-20(22)24(25,26)27)28-23-29-21(16-32-23)18-9-7-17(8-10-18)15-30(2)3/h7-12,14,16,23,28-29H,4-6,13,15H2,1-3H3. The van der Waals surface area contributed by atoms with Gasteiger partial charge in [0, 0.05) is 12.2 Å². The van der Waals surface area contributed by atoms with Gasteiger partial charge in [-0.1, -0.05) is 55.8 Å².